The van der Waals surface area contributed by atoms with Crippen LogP contribution in [0, 0.1) is 0 Å². The lowest BCUT2D eigenvalue weighted by Gasteiger charge is -2.25. The third-order valence-corrected chi connectivity index (χ3v) is 5.53. The number of rotatable bonds is 6. The van der Waals surface area contributed by atoms with E-state index >= 15 is 0 Å². The van der Waals surface area contributed by atoms with Crippen LogP contribution in [0.2, 0.25) is 0 Å². The average Bonchev–Trinajstić information content (AvgIpc) is 2.79. The maximum atomic E-state index is 12.7. The van der Waals surface area contributed by atoms with E-state index in [0.29, 0.717) is 17.9 Å². The van der Waals surface area contributed by atoms with E-state index in [1.165, 1.54) is 12.2 Å². The largest absolute Gasteiger partial charge is 0.488 e. The Hall–Kier alpha value is -3.71. The maximum Gasteiger partial charge on any atom is 0.331 e. The molecule has 1 heterocycles. The number of amides is 4. The summed E-state index contributed by atoms with van der Waals surface area (Å²) >= 11 is 3.42. The van der Waals surface area contributed by atoms with Crippen molar-refractivity contribution in [2.75, 3.05) is 6.54 Å². The summed E-state index contributed by atoms with van der Waals surface area (Å²) in [5, 5.41) is 4.39. The monoisotopic (exact) mass is 490 g/mol. The van der Waals surface area contributed by atoms with Crippen molar-refractivity contribution in [3.05, 3.63) is 94.5 Å². The van der Waals surface area contributed by atoms with Crippen LogP contribution in [0.3, 0.4) is 0 Å². The maximum absolute atomic E-state index is 12.7. The number of halogens is 1. The van der Waals surface area contributed by atoms with Crippen molar-refractivity contribution >= 4 is 50.6 Å². The predicted octanol–water partition coefficient (Wildman–Crippen LogP) is 4.83. The molecule has 0 aliphatic carbocycles. The third-order valence-electron chi connectivity index (χ3n) is 5.03. The molecular formula is C25H19BrN2O4. The van der Waals surface area contributed by atoms with Crippen LogP contribution in [-0.4, -0.2) is 29.3 Å². The average molecular weight is 491 g/mol. The molecule has 3 aromatic carbocycles. The number of hydrogen-bond acceptors (Lipinski definition) is 4. The fourth-order valence-corrected chi connectivity index (χ4v) is 3.86. The van der Waals surface area contributed by atoms with Crippen LogP contribution in [0.15, 0.2) is 83.4 Å². The first-order chi connectivity index (χ1) is 15.5. The van der Waals surface area contributed by atoms with Crippen LogP contribution in [0.5, 0.6) is 5.75 Å². The van der Waals surface area contributed by atoms with E-state index < -0.39 is 17.8 Å². The Bertz CT molecular complexity index is 1280. The molecule has 6 nitrogen and oxygen atoms in total. The fourth-order valence-electron chi connectivity index (χ4n) is 3.48. The van der Waals surface area contributed by atoms with E-state index in [1.807, 2.05) is 48.5 Å². The van der Waals surface area contributed by atoms with E-state index in [2.05, 4.69) is 27.8 Å². The summed E-state index contributed by atoms with van der Waals surface area (Å²) in [7, 11) is 0. The molecule has 0 atom stereocenters. The highest BCUT2D eigenvalue weighted by Crippen LogP contribution is 2.28. The fraction of sp³-hybridized carbons (Fsp3) is 0.0800. The molecule has 160 valence electrons. The molecule has 1 N–H and O–H groups in total. The molecule has 0 saturated carbocycles. The number of fused-ring (bicyclic) bond motifs is 1. The molecule has 0 bridgehead atoms. The molecule has 0 radical (unpaired) electrons. The summed E-state index contributed by atoms with van der Waals surface area (Å²) in [5.74, 6) is -0.930. The highest BCUT2D eigenvalue weighted by Gasteiger charge is 2.35. The van der Waals surface area contributed by atoms with E-state index in [4.69, 9.17) is 4.74 Å². The summed E-state index contributed by atoms with van der Waals surface area (Å²) in [6.07, 6.45) is 2.85. The standard InChI is InChI=1S/C25H19BrN2O4/c1-2-12-28-24(30)21(23(29)27-25(28)31)14-18-13-19(26)10-11-22(18)32-15-17-8-5-7-16-6-3-4-9-20(16)17/h2-11,13-14H,1,12,15H2,(H,27,29,31)/b21-14-. The summed E-state index contributed by atoms with van der Waals surface area (Å²) in [6.45, 7) is 3.85. The summed E-state index contributed by atoms with van der Waals surface area (Å²) < 4.78 is 6.84. The normalized spacial score (nSPS) is 15.2. The van der Waals surface area contributed by atoms with Crippen LogP contribution in [0.4, 0.5) is 4.79 Å². The molecule has 0 aromatic heterocycles. The Labute approximate surface area is 193 Å². The Morgan fingerprint density at radius 3 is 2.62 bits per heavy atom. The molecule has 0 spiro atoms. The lowest BCUT2D eigenvalue weighted by molar-refractivity contribution is -0.129. The van der Waals surface area contributed by atoms with Gasteiger partial charge in [0.25, 0.3) is 11.8 Å². The molecule has 1 saturated heterocycles. The highest BCUT2D eigenvalue weighted by atomic mass is 79.9. The molecule has 1 fully saturated rings. The number of urea groups is 1. The van der Waals surface area contributed by atoms with Gasteiger partial charge in [0.1, 0.15) is 17.9 Å². The topological polar surface area (TPSA) is 75.7 Å². The van der Waals surface area contributed by atoms with Gasteiger partial charge in [0.05, 0.1) is 0 Å². The number of carbonyl (C=O) groups excluding carboxylic acids is 3. The molecule has 4 rings (SSSR count). The van der Waals surface area contributed by atoms with Crippen molar-refractivity contribution in [3.8, 4) is 5.75 Å². The van der Waals surface area contributed by atoms with Gasteiger partial charge in [-0.2, -0.15) is 0 Å². The molecule has 4 amide bonds. The first kappa shape index (κ1) is 21.5. The van der Waals surface area contributed by atoms with E-state index in [9.17, 15) is 14.4 Å². The quantitative estimate of drug-likeness (QED) is 0.305. The third kappa shape index (κ3) is 4.33. The second kappa shape index (κ2) is 9.20. The van der Waals surface area contributed by atoms with Gasteiger partial charge >= 0.3 is 6.03 Å². The van der Waals surface area contributed by atoms with Crippen molar-refractivity contribution in [2.24, 2.45) is 0 Å². The van der Waals surface area contributed by atoms with Gasteiger partial charge in [-0.05, 0) is 40.6 Å². The van der Waals surface area contributed by atoms with Crippen LogP contribution < -0.4 is 10.1 Å². The minimum Gasteiger partial charge on any atom is -0.488 e. The van der Waals surface area contributed by atoms with Gasteiger partial charge < -0.3 is 4.74 Å². The second-order valence-corrected chi connectivity index (χ2v) is 8.05. The van der Waals surface area contributed by atoms with Gasteiger partial charge in [0.2, 0.25) is 0 Å². The first-order valence-corrected chi connectivity index (χ1v) is 10.7. The Morgan fingerprint density at radius 2 is 1.81 bits per heavy atom. The minimum absolute atomic E-state index is 0.00178. The molecular weight excluding hydrogens is 472 g/mol. The van der Waals surface area contributed by atoms with Crippen molar-refractivity contribution in [2.45, 2.75) is 6.61 Å². The Kier molecular flexibility index (Phi) is 6.18. The van der Waals surface area contributed by atoms with E-state index in [-0.39, 0.29) is 12.1 Å². The predicted molar refractivity (Wildman–Crippen MR) is 126 cm³/mol. The van der Waals surface area contributed by atoms with Crippen LogP contribution >= 0.6 is 15.9 Å². The van der Waals surface area contributed by atoms with Gasteiger partial charge in [-0.15, -0.1) is 6.58 Å². The zero-order valence-corrected chi connectivity index (χ0v) is 18.6. The molecule has 32 heavy (non-hydrogen) atoms. The highest BCUT2D eigenvalue weighted by molar-refractivity contribution is 9.10. The Balaban J connectivity index is 1.66. The molecule has 1 aliphatic rings. The number of imide groups is 2. The van der Waals surface area contributed by atoms with Crippen molar-refractivity contribution < 1.29 is 19.1 Å². The summed E-state index contributed by atoms with van der Waals surface area (Å²) in [5.41, 5.74) is 1.39. The van der Waals surface area contributed by atoms with Gasteiger partial charge in [0.15, 0.2) is 0 Å². The summed E-state index contributed by atoms with van der Waals surface area (Å²) in [4.78, 5) is 38.0. The van der Waals surface area contributed by atoms with Crippen molar-refractivity contribution in [3.63, 3.8) is 0 Å². The number of hydrogen-bond donors (Lipinski definition) is 1. The van der Waals surface area contributed by atoms with Crippen molar-refractivity contribution in [1.29, 1.82) is 0 Å². The van der Waals surface area contributed by atoms with Gasteiger partial charge in [-0.1, -0.05) is 64.5 Å². The van der Waals surface area contributed by atoms with Crippen LogP contribution in [-0.2, 0) is 16.2 Å². The van der Waals surface area contributed by atoms with Gasteiger partial charge in [-0.3, -0.25) is 19.8 Å². The minimum atomic E-state index is -0.765. The second-order valence-electron chi connectivity index (χ2n) is 7.13. The zero-order valence-electron chi connectivity index (χ0n) is 17.0. The zero-order chi connectivity index (χ0) is 22.7. The molecule has 0 unspecified atom stereocenters. The number of ether oxygens (including phenoxy) is 1. The van der Waals surface area contributed by atoms with E-state index in [1.54, 1.807) is 12.1 Å². The molecule has 1 aliphatic heterocycles. The number of nitrogens with zero attached hydrogens (tertiary/aromatic N) is 1. The first-order valence-electron chi connectivity index (χ1n) is 9.86. The van der Waals surface area contributed by atoms with Gasteiger partial charge in [0, 0.05) is 16.6 Å². The number of nitrogens with one attached hydrogen (secondary N) is 1. The number of benzene rings is 3. The lowest BCUT2D eigenvalue weighted by Crippen LogP contribution is -2.54. The van der Waals surface area contributed by atoms with Crippen molar-refractivity contribution in [1.82, 2.24) is 10.2 Å². The van der Waals surface area contributed by atoms with E-state index in [0.717, 1.165) is 25.7 Å². The summed E-state index contributed by atoms with van der Waals surface area (Å²) in [6, 6.07) is 18.6. The number of carbonyl (C=O) groups is 3. The smallest absolute Gasteiger partial charge is 0.331 e. The lowest BCUT2D eigenvalue weighted by atomic mass is 10.0. The molecule has 7 heteroatoms. The van der Waals surface area contributed by atoms with Crippen LogP contribution in [0.25, 0.3) is 16.8 Å². The SMILES string of the molecule is C=CCN1C(=O)NC(=O)/C(=C/c2cc(Br)ccc2OCc2cccc3ccccc23)C1=O. The van der Waals surface area contributed by atoms with Crippen LogP contribution in [0.1, 0.15) is 11.1 Å². The molecule has 3 aromatic rings. The number of barbiturate groups is 1. The van der Waals surface area contributed by atoms with Gasteiger partial charge in [-0.25, -0.2) is 4.79 Å². The Morgan fingerprint density at radius 1 is 1.03 bits per heavy atom.